The minimum absolute atomic E-state index is 0.172. The van der Waals surface area contributed by atoms with Crippen LogP contribution >= 0.6 is 0 Å². The van der Waals surface area contributed by atoms with E-state index in [2.05, 4.69) is 18.1 Å². The summed E-state index contributed by atoms with van der Waals surface area (Å²) in [6, 6.07) is 0. The number of likely N-dealkylation sites (tertiary alicyclic amines) is 1. The number of rotatable bonds is 7. The van der Waals surface area contributed by atoms with Crippen LogP contribution in [0.15, 0.2) is 60.1 Å². The number of allylic oxidation sites excluding steroid dienone is 5. The largest absolute Gasteiger partial charge is 0.497 e. The van der Waals surface area contributed by atoms with Crippen molar-refractivity contribution in [2.45, 2.75) is 39.7 Å². The molecule has 4 nitrogen and oxygen atoms in total. The average Bonchev–Trinajstić information content (AvgIpc) is 2.57. The number of nitrogens with one attached hydrogen (secondary N) is 1. The van der Waals surface area contributed by atoms with Crippen molar-refractivity contribution >= 4 is 5.84 Å². The van der Waals surface area contributed by atoms with E-state index in [0.717, 1.165) is 42.8 Å². The van der Waals surface area contributed by atoms with Gasteiger partial charge in [0.15, 0.2) is 0 Å². The normalized spacial score (nSPS) is 17.1. The van der Waals surface area contributed by atoms with E-state index in [-0.39, 0.29) is 6.10 Å². The molecule has 1 aliphatic heterocycles. The summed E-state index contributed by atoms with van der Waals surface area (Å²) in [7, 11) is 1.60. The molecule has 132 valence electrons. The highest BCUT2D eigenvalue weighted by atomic mass is 16.5. The van der Waals surface area contributed by atoms with Crippen LogP contribution in [0.4, 0.5) is 0 Å². The van der Waals surface area contributed by atoms with E-state index in [1.807, 2.05) is 39.0 Å². The lowest BCUT2D eigenvalue weighted by Crippen LogP contribution is -2.40. The van der Waals surface area contributed by atoms with E-state index in [9.17, 15) is 0 Å². The van der Waals surface area contributed by atoms with Gasteiger partial charge in [-0.15, -0.1) is 0 Å². The Balaban J connectivity index is 2.53. The average molecular weight is 330 g/mol. The van der Waals surface area contributed by atoms with Gasteiger partial charge in [-0.3, -0.25) is 5.41 Å². The zero-order valence-corrected chi connectivity index (χ0v) is 15.4. The van der Waals surface area contributed by atoms with Gasteiger partial charge in [0.1, 0.15) is 23.5 Å². The lowest BCUT2D eigenvalue weighted by atomic mass is 10.1. The number of amidine groups is 1. The maximum Gasteiger partial charge on any atom is 0.123 e. The van der Waals surface area contributed by atoms with Crippen molar-refractivity contribution in [1.29, 1.82) is 5.41 Å². The number of hydrogen-bond donors (Lipinski definition) is 1. The maximum atomic E-state index is 8.29. The fourth-order valence-corrected chi connectivity index (χ4v) is 2.52. The van der Waals surface area contributed by atoms with Crippen LogP contribution < -0.4 is 0 Å². The van der Waals surface area contributed by atoms with Crippen LogP contribution in [-0.2, 0) is 9.47 Å². The first-order chi connectivity index (χ1) is 11.4. The van der Waals surface area contributed by atoms with Gasteiger partial charge in [0.2, 0.25) is 0 Å². The first-order valence-electron chi connectivity index (χ1n) is 8.29. The van der Waals surface area contributed by atoms with Crippen LogP contribution in [-0.4, -0.2) is 37.0 Å². The molecule has 0 radical (unpaired) electrons. The van der Waals surface area contributed by atoms with Crippen molar-refractivity contribution in [2.24, 2.45) is 0 Å². The third-order valence-electron chi connectivity index (χ3n) is 3.88. The van der Waals surface area contributed by atoms with Crippen molar-refractivity contribution in [3.05, 3.63) is 60.1 Å². The molecule has 24 heavy (non-hydrogen) atoms. The zero-order valence-electron chi connectivity index (χ0n) is 15.4. The molecule has 0 saturated carbocycles. The molecule has 1 heterocycles. The van der Waals surface area contributed by atoms with Crippen LogP contribution in [0.25, 0.3) is 0 Å². The molecule has 0 amide bonds. The van der Waals surface area contributed by atoms with Crippen molar-refractivity contribution < 1.29 is 9.47 Å². The Morgan fingerprint density at radius 3 is 2.29 bits per heavy atom. The Morgan fingerprint density at radius 2 is 1.79 bits per heavy atom. The van der Waals surface area contributed by atoms with Crippen molar-refractivity contribution in [3.63, 3.8) is 0 Å². The Hall–Kier alpha value is -2.23. The van der Waals surface area contributed by atoms with Gasteiger partial charge >= 0.3 is 0 Å². The highest BCUT2D eigenvalue weighted by molar-refractivity contribution is 5.95. The lowest BCUT2D eigenvalue weighted by molar-refractivity contribution is 0.0746. The molecule has 0 aromatic heterocycles. The predicted octanol–water partition coefficient (Wildman–Crippen LogP) is 4.59. The molecule has 0 aliphatic carbocycles. The van der Waals surface area contributed by atoms with E-state index in [1.54, 1.807) is 13.2 Å². The Bertz CT molecular complexity index is 562. The van der Waals surface area contributed by atoms with Crippen molar-refractivity contribution in [3.8, 4) is 0 Å². The summed E-state index contributed by atoms with van der Waals surface area (Å²) >= 11 is 0. The topological polar surface area (TPSA) is 45.6 Å². The van der Waals surface area contributed by atoms with Gasteiger partial charge in [-0.1, -0.05) is 24.8 Å². The Morgan fingerprint density at radius 1 is 1.17 bits per heavy atom. The second-order valence-electron chi connectivity index (χ2n) is 6.02. The number of nitrogens with zero attached hydrogens (tertiary/aromatic N) is 1. The van der Waals surface area contributed by atoms with Crippen LogP contribution in [0.5, 0.6) is 0 Å². The third-order valence-corrected chi connectivity index (χ3v) is 3.88. The molecule has 1 N–H and O–H groups in total. The van der Waals surface area contributed by atoms with Crippen molar-refractivity contribution in [2.75, 3.05) is 20.2 Å². The first-order valence-corrected chi connectivity index (χ1v) is 8.29. The molecule has 0 unspecified atom stereocenters. The smallest absolute Gasteiger partial charge is 0.123 e. The molecule has 1 aliphatic rings. The van der Waals surface area contributed by atoms with E-state index in [1.165, 1.54) is 0 Å². The van der Waals surface area contributed by atoms with Gasteiger partial charge in [0.25, 0.3) is 0 Å². The number of methoxy groups -OCH3 is 1. The minimum atomic E-state index is 0.172. The number of ether oxygens (including phenoxy) is 2. The molecule has 1 saturated heterocycles. The van der Waals surface area contributed by atoms with Crippen LogP contribution in [0.2, 0.25) is 0 Å². The maximum absolute atomic E-state index is 8.29. The van der Waals surface area contributed by atoms with Gasteiger partial charge < -0.3 is 14.4 Å². The summed E-state index contributed by atoms with van der Waals surface area (Å²) < 4.78 is 11.1. The summed E-state index contributed by atoms with van der Waals surface area (Å²) in [5, 5.41) is 8.29. The van der Waals surface area contributed by atoms with Crippen LogP contribution in [0.1, 0.15) is 33.6 Å². The number of hydrogen-bond acceptors (Lipinski definition) is 3. The summed E-state index contributed by atoms with van der Waals surface area (Å²) in [6.07, 6.45) is 9.54. The third kappa shape index (κ3) is 6.49. The summed E-state index contributed by atoms with van der Waals surface area (Å²) in [5.74, 6) is 2.00. The van der Waals surface area contributed by atoms with E-state index >= 15 is 0 Å². The fourth-order valence-electron chi connectivity index (χ4n) is 2.52. The summed E-state index contributed by atoms with van der Waals surface area (Å²) in [6.45, 7) is 15.2. The van der Waals surface area contributed by atoms with Crippen LogP contribution in [0.3, 0.4) is 0 Å². The lowest BCUT2D eigenvalue weighted by Gasteiger charge is -2.34. The monoisotopic (exact) mass is 330 g/mol. The first kappa shape index (κ1) is 19.8. The molecular weight excluding hydrogens is 300 g/mol. The Kier molecular flexibility index (Phi) is 8.10. The molecule has 0 bridgehead atoms. The van der Waals surface area contributed by atoms with Crippen molar-refractivity contribution in [1.82, 2.24) is 4.90 Å². The van der Waals surface area contributed by atoms with E-state index in [4.69, 9.17) is 14.9 Å². The van der Waals surface area contributed by atoms with E-state index < -0.39 is 0 Å². The second kappa shape index (κ2) is 9.81. The summed E-state index contributed by atoms with van der Waals surface area (Å²) in [4.78, 5) is 2.10. The van der Waals surface area contributed by atoms with Gasteiger partial charge in [-0.05, 0) is 44.6 Å². The number of piperidine rings is 1. The van der Waals surface area contributed by atoms with Gasteiger partial charge in [-0.2, -0.15) is 0 Å². The van der Waals surface area contributed by atoms with Gasteiger partial charge in [-0.25, -0.2) is 0 Å². The molecule has 1 rings (SSSR count). The SMILES string of the molecule is C=C(C)/C=C(/C)C(=N)N1CCC(OC(/C=C\C(=C)OC)=C/C)CC1. The molecule has 1 fully saturated rings. The highest BCUT2D eigenvalue weighted by Gasteiger charge is 2.22. The second-order valence-corrected chi connectivity index (χ2v) is 6.02. The fraction of sp³-hybridized carbons (Fsp3) is 0.450. The highest BCUT2D eigenvalue weighted by Crippen LogP contribution is 2.19. The molecule has 0 aromatic rings. The van der Waals surface area contributed by atoms with Crippen LogP contribution in [0, 0.1) is 5.41 Å². The zero-order chi connectivity index (χ0) is 18.1. The molecular formula is C20H30N2O2. The minimum Gasteiger partial charge on any atom is -0.497 e. The van der Waals surface area contributed by atoms with E-state index in [0.29, 0.717) is 11.6 Å². The quantitative estimate of drug-likeness (QED) is 0.321. The Labute approximate surface area is 146 Å². The standard InChI is InChI=1S/C20H30N2O2/c1-7-18(9-8-17(5)23-6)24-19-10-12-22(13-11-19)20(21)16(4)14-15(2)3/h7-9,14,19,21H,2,5,10-13H2,1,3-4,6H3/b9-8-,16-14-,18-7+,21-20?. The van der Waals surface area contributed by atoms with Gasteiger partial charge in [0.05, 0.1) is 7.11 Å². The molecule has 0 spiro atoms. The van der Waals surface area contributed by atoms with Gasteiger partial charge in [0, 0.05) is 25.9 Å². The molecule has 4 heteroatoms. The molecule has 0 atom stereocenters. The molecule has 0 aromatic carbocycles. The summed E-state index contributed by atoms with van der Waals surface area (Å²) in [5.41, 5.74) is 1.93. The predicted molar refractivity (Wildman–Crippen MR) is 101 cm³/mol.